The van der Waals surface area contributed by atoms with Gasteiger partial charge in [-0.05, 0) is 54.5 Å². The zero-order valence-electron chi connectivity index (χ0n) is 14.5. The Hall–Kier alpha value is -2.60. The second-order valence-corrected chi connectivity index (χ2v) is 6.28. The molecule has 0 aliphatic heterocycles. The van der Waals surface area contributed by atoms with E-state index in [1.807, 2.05) is 24.3 Å². The van der Waals surface area contributed by atoms with Crippen molar-refractivity contribution >= 4 is 28.9 Å². The van der Waals surface area contributed by atoms with Crippen molar-refractivity contribution in [2.75, 3.05) is 19.0 Å². The maximum absolute atomic E-state index is 12.2. The number of nitrogens with one attached hydrogen (secondary N) is 2. The molecule has 0 fully saturated rings. The van der Waals surface area contributed by atoms with E-state index >= 15 is 0 Å². The number of anilines is 1. The van der Waals surface area contributed by atoms with Gasteiger partial charge in [0.15, 0.2) is 5.11 Å². The van der Waals surface area contributed by atoms with Crippen LogP contribution in [0.1, 0.15) is 24.2 Å². The van der Waals surface area contributed by atoms with Crippen LogP contribution in [-0.2, 0) is 0 Å². The molecule has 0 unspecified atom stereocenters. The van der Waals surface area contributed by atoms with Gasteiger partial charge in [-0.1, -0.05) is 19.9 Å². The summed E-state index contributed by atoms with van der Waals surface area (Å²) in [5.41, 5.74) is 1.25. The fourth-order valence-corrected chi connectivity index (χ4v) is 2.22. The Kier molecular flexibility index (Phi) is 6.77. The SMILES string of the molecule is COc1ccc(C(=O)NC(=S)Nc2cccc(OCC(C)C)c2)cc1. The minimum atomic E-state index is -0.285. The van der Waals surface area contributed by atoms with E-state index < -0.39 is 0 Å². The fraction of sp³-hybridized carbons (Fsp3) is 0.263. The summed E-state index contributed by atoms with van der Waals surface area (Å²) < 4.78 is 10.8. The normalized spacial score (nSPS) is 10.2. The van der Waals surface area contributed by atoms with E-state index in [9.17, 15) is 4.79 Å². The molecule has 2 rings (SSSR count). The molecule has 0 heterocycles. The summed E-state index contributed by atoms with van der Waals surface area (Å²) in [4.78, 5) is 12.2. The van der Waals surface area contributed by atoms with Gasteiger partial charge in [0.1, 0.15) is 11.5 Å². The van der Waals surface area contributed by atoms with Crippen LogP contribution < -0.4 is 20.1 Å². The van der Waals surface area contributed by atoms with Crippen molar-refractivity contribution in [3.63, 3.8) is 0 Å². The minimum absolute atomic E-state index is 0.224. The van der Waals surface area contributed by atoms with Gasteiger partial charge in [-0.2, -0.15) is 0 Å². The van der Waals surface area contributed by atoms with Gasteiger partial charge in [0.2, 0.25) is 0 Å². The predicted octanol–water partition coefficient (Wildman–Crippen LogP) is 3.86. The molecule has 25 heavy (non-hydrogen) atoms. The highest BCUT2D eigenvalue weighted by Gasteiger charge is 2.08. The summed E-state index contributed by atoms with van der Waals surface area (Å²) >= 11 is 5.20. The number of carbonyl (C=O) groups excluding carboxylic acids is 1. The molecular weight excluding hydrogens is 336 g/mol. The van der Waals surface area contributed by atoms with Gasteiger partial charge in [-0.3, -0.25) is 10.1 Å². The largest absolute Gasteiger partial charge is 0.497 e. The highest BCUT2D eigenvalue weighted by molar-refractivity contribution is 7.80. The van der Waals surface area contributed by atoms with Crippen LogP contribution in [0.5, 0.6) is 11.5 Å². The highest BCUT2D eigenvalue weighted by Crippen LogP contribution is 2.18. The number of hydrogen-bond donors (Lipinski definition) is 2. The molecule has 0 saturated carbocycles. The molecule has 0 aromatic heterocycles. The number of benzene rings is 2. The number of thiocarbonyl (C=S) groups is 1. The molecule has 2 aromatic carbocycles. The molecule has 0 spiro atoms. The van der Waals surface area contributed by atoms with Crippen molar-refractivity contribution in [1.82, 2.24) is 5.32 Å². The van der Waals surface area contributed by atoms with E-state index in [1.165, 1.54) is 0 Å². The standard InChI is InChI=1S/C19H22N2O3S/c1-13(2)12-24-17-6-4-5-15(11-17)20-19(25)21-18(22)14-7-9-16(23-3)10-8-14/h4-11,13H,12H2,1-3H3,(H2,20,21,22,25). The van der Waals surface area contributed by atoms with Gasteiger partial charge in [0.05, 0.1) is 13.7 Å². The lowest BCUT2D eigenvalue weighted by Crippen LogP contribution is -2.34. The van der Waals surface area contributed by atoms with Gasteiger partial charge in [-0.25, -0.2) is 0 Å². The van der Waals surface area contributed by atoms with Crippen molar-refractivity contribution in [3.8, 4) is 11.5 Å². The van der Waals surface area contributed by atoms with Crippen LogP contribution in [0.4, 0.5) is 5.69 Å². The third-order valence-electron chi connectivity index (χ3n) is 3.25. The van der Waals surface area contributed by atoms with Gasteiger partial charge < -0.3 is 14.8 Å². The number of hydrogen-bond acceptors (Lipinski definition) is 4. The van der Waals surface area contributed by atoms with E-state index in [1.54, 1.807) is 31.4 Å². The second-order valence-electron chi connectivity index (χ2n) is 5.87. The Morgan fingerprint density at radius 1 is 1.12 bits per heavy atom. The molecule has 0 aliphatic rings. The van der Waals surface area contributed by atoms with Crippen LogP contribution >= 0.6 is 12.2 Å². The van der Waals surface area contributed by atoms with Crippen LogP contribution in [0.25, 0.3) is 0 Å². The number of amides is 1. The van der Waals surface area contributed by atoms with E-state index in [0.717, 1.165) is 11.4 Å². The smallest absolute Gasteiger partial charge is 0.257 e. The number of ether oxygens (including phenoxy) is 2. The van der Waals surface area contributed by atoms with Crippen LogP contribution in [0.15, 0.2) is 48.5 Å². The molecule has 0 atom stereocenters. The first-order valence-corrected chi connectivity index (χ1v) is 8.38. The Labute approximate surface area is 153 Å². The minimum Gasteiger partial charge on any atom is -0.497 e. The molecule has 2 N–H and O–H groups in total. The molecule has 0 aliphatic carbocycles. The summed E-state index contributed by atoms with van der Waals surface area (Å²) in [5.74, 6) is 1.60. The van der Waals surface area contributed by atoms with E-state index in [2.05, 4.69) is 24.5 Å². The molecular formula is C19H22N2O3S. The molecule has 2 aromatic rings. The number of rotatable bonds is 6. The lowest BCUT2D eigenvalue weighted by atomic mass is 10.2. The number of methoxy groups -OCH3 is 1. The molecule has 0 bridgehead atoms. The van der Waals surface area contributed by atoms with Crippen molar-refractivity contribution in [1.29, 1.82) is 0 Å². The average molecular weight is 358 g/mol. The van der Waals surface area contributed by atoms with Gasteiger partial charge in [0, 0.05) is 17.3 Å². The highest BCUT2D eigenvalue weighted by atomic mass is 32.1. The summed E-state index contributed by atoms with van der Waals surface area (Å²) in [7, 11) is 1.58. The first kappa shape index (κ1) is 18.7. The predicted molar refractivity (Wildman–Crippen MR) is 103 cm³/mol. The lowest BCUT2D eigenvalue weighted by molar-refractivity contribution is 0.0977. The van der Waals surface area contributed by atoms with E-state index in [0.29, 0.717) is 23.8 Å². The van der Waals surface area contributed by atoms with Crippen molar-refractivity contribution < 1.29 is 14.3 Å². The molecule has 5 nitrogen and oxygen atoms in total. The Morgan fingerprint density at radius 3 is 2.48 bits per heavy atom. The topological polar surface area (TPSA) is 59.6 Å². The molecule has 1 amide bonds. The summed E-state index contributed by atoms with van der Waals surface area (Å²) in [5, 5.41) is 5.86. The third-order valence-corrected chi connectivity index (χ3v) is 3.46. The summed E-state index contributed by atoms with van der Waals surface area (Å²) in [6.07, 6.45) is 0. The Balaban J connectivity index is 1.92. The molecule has 0 radical (unpaired) electrons. The lowest BCUT2D eigenvalue weighted by Gasteiger charge is -2.12. The maximum Gasteiger partial charge on any atom is 0.257 e. The molecule has 132 valence electrons. The first-order valence-electron chi connectivity index (χ1n) is 7.97. The molecule has 0 saturated heterocycles. The van der Waals surface area contributed by atoms with Gasteiger partial charge in [-0.15, -0.1) is 0 Å². The van der Waals surface area contributed by atoms with E-state index in [4.69, 9.17) is 21.7 Å². The zero-order valence-corrected chi connectivity index (χ0v) is 15.4. The molecule has 6 heteroatoms. The fourth-order valence-electron chi connectivity index (χ4n) is 2.01. The Bertz CT molecular complexity index is 730. The van der Waals surface area contributed by atoms with E-state index in [-0.39, 0.29) is 11.0 Å². The van der Waals surface area contributed by atoms with Crippen molar-refractivity contribution in [3.05, 3.63) is 54.1 Å². The number of carbonyl (C=O) groups is 1. The maximum atomic E-state index is 12.2. The summed E-state index contributed by atoms with van der Waals surface area (Å²) in [6.45, 7) is 4.82. The van der Waals surface area contributed by atoms with Crippen LogP contribution in [0.2, 0.25) is 0 Å². The van der Waals surface area contributed by atoms with Gasteiger partial charge >= 0.3 is 0 Å². The van der Waals surface area contributed by atoms with Crippen LogP contribution in [0.3, 0.4) is 0 Å². The van der Waals surface area contributed by atoms with Gasteiger partial charge in [0.25, 0.3) is 5.91 Å². The zero-order chi connectivity index (χ0) is 18.2. The second kappa shape index (κ2) is 9.03. The van der Waals surface area contributed by atoms with Crippen LogP contribution in [-0.4, -0.2) is 24.7 Å². The monoisotopic (exact) mass is 358 g/mol. The first-order chi connectivity index (χ1) is 12.0. The quantitative estimate of drug-likeness (QED) is 0.768. The Morgan fingerprint density at radius 2 is 1.84 bits per heavy atom. The average Bonchev–Trinajstić information content (AvgIpc) is 2.60. The van der Waals surface area contributed by atoms with Crippen molar-refractivity contribution in [2.45, 2.75) is 13.8 Å². The van der Waals surface area contributed by atoms with Crippen LogP contribution in [0, 0.1) is 5.92 Å². The van der Waals surface area contributed by atoms with Crippen molar-refractivity contribution in [2.24, 2.45) is 5.92 Å². The summed E-state index contributed by atoms with van der Waals surface area (Å²) in [6, 6.07) is 14.2. The third kappa shape index (κ3) is 6.08.